The van der Waals surface area contributed by atoms with Crippen molar-refractivity contribution >= 4 is 38.9 Å². The van der Waals surface area contributed by atoms with Crippen molar-refractivity contribution in [3.8, 4) is 0 Å². The van der Waals surface area contributed by atoms with Crippen LogP contribution in [-0.2, 0) is 16.6 Å². The van der Waals surface area contributed by atoms with E-state index in [-0.39, 0.29) is 17.3 Å². The van der Waals surface area contributed by atoms with Crippen LogP contribution in [0.15, 0.2) is 82.8 Å². The molecule has 1 N–H and O–H groups in total. The lowest BCUT2D eigenvalue weighted by Gasteiger charge is -2.26. The van der Waals surface area contributed by atoms with Crippen LogP contribution in [-0.4, -0.2) is 20.0 Å². The van der Waals surface area contributed by atoms with E-state index in [1.54, 1.807) is 72.8 Å². The highest BCUT2D eigenvalue weighted by atomic mass is 35.5. The van der Waals surface area contributed by atoms with Crippen LogP contribution in [0, 0.1) is 6.92 Å². The van der Waals surface area contributed by atoms with Crippen LogP contribution >= 0.6 is 11.6 Å². The highest BCUT2D eigenvalue weighted by molar-refractivity contribution is 7.92. The Hall–Kier alpha value is -3.16. The highest BCUT2D eigenvalue weighted by Crippen LogP contribution is 2.31. The number of hydrogen-bond donors (Lipinski definition) is 1. The SMILES string of the molecule is Cc1ccc(Cl)cc1N(Cc1ccc(C(=O)NN=C2CCCCCCC2)cc1)S(=O)(=O)c1ccccc1. The molecule has 0 heterocycles. The van der Waals surface area contributed by atoms with Crippen LogP contribution in [0.1, 0.15) is 66.4 Å². The molecule has 0 bridgehead atoms. The number of carbonyl (C=O) groups is 1. The Morgan fingerprint density at radius 3 is 2.24 bits per heavy atom. The molecule has 0 spiro atoms. The maximum Gasteiger partial charge on any atom is 0.271 e. The third-order valence-corrected chi connectivity index (χ3v) is 8.57. The van der Waals surface area contributed by atoms with Crippen LogP contribution in [0.25, 0.3) is 0 Å². The van der Waals surface area contributed by atoms with Gasteiger partial charge in [0.1, 0.15) is 0 Å². The Kier molecular flexibility index (Phi) is 9.00. The first kappa shape index (κ1) is 26.9. The fraction of sp³-hybridized carbons (Fsp3) is 0.310. The molecule has 0 aromatic heterocycles. The summed E-state index contributed by atoms with van der Waals surface area (Å²) < 4.78 is 28.7. The first-order valence-electron chi connectivity index (χ1n) is 12.6. The van der Waals surface area contributed by atoms with Gasteiger partial charge in [0.2, 0.25) is 0 Å². The van der Waals surface area contributed by atoms with Crippen molar-refractivity contribution in [3.63, 3.8) is 0 Å². The molecular formula is C29H32ClN3O3S. The molecule has 1 amide bonds. The third kappa shape index (κ3) is 6.99. The summed E-state index contributed by atoms with van der Waals surface area (Å²) in [7, 11) is -3.87. The smallest absolute Gasteiger partial charge is 0.267 e. The quantitative estimate of drug-likeness (QED) is 0.334. The van der Waals surface area contributed by atoms with Gasteiger partial charge in [0.05, 0.1) is 17.1 Å². The Morgan fingerprint density at radius 2 is 1.57 bits per heavy atom. The van der Waals surface area contributed by atoms with Gasteiger partial charge in [0.25, 0.3) is 15.9 Å². The van der Waals surface area contributed by atoms with Gasteiger partial charge >= 0.3 is 0 Å². The predicted molar refractivity (Wildman–Crippen MR) is 150 cm³/mol. The zero-order valence-electron chi connectivity index (χ0n) is 21.0. The van der Waals surface area contributed by atoms with Gasteiger partial charge in [0.15, 0.2) is 0 Å². The van der Waals surface area contributed by atoms with Crippen LogP contribution in [0.5, 0.6) is 0 Å². The Bertz CT molecular complexity index is 1350. The number of nitrogens with zero attached hydrogens (tertiary/aromatic N) is 2. The molecule has 0 unspecified atom stereocenters. The first-order valence-corrected chi connectivity index (χ1v) is 14.4. The van der Waals surface area contributed by atoms with E-state index in [9.17, 15) is 13.2 Å². The number of anilines is 1. The average Bonchev–Trinajstić information content (AvgIpc) is 2.89. The Balaban J connectivity index is 1.55. The lowest BCUT2D eigenvalue weighted by atomic mass is 9.99. The van der Waals surface area contributed by atoms with Crippen molar-refractivity contribution in [2.45, 2.75) is 63.3 Å². The van der Waals surface area contributed by atoms with E-state index >= 15 is 0 Å². The predicted octanol–water partition coefficient (Wildman–Crippen LogP) is 6.87. The molecule has 37 heavy (non-hydrogen) atoms. The maximum absolute atomic E-state index is 13.7. The molecule has 0 aliphatic heterocycles. The number of amides is 1. The van der Waals surface area contributed by atoms with Crippen molar-refractivity contribution in [2.75, 3.05) is 4.31 Å². The van der Waals surface area contributed by atoms with Gasteiger partial charge in [-0.25, -0.2) is 13.8 Å². The van der Waals surface area contributed by atoms with E-state index < -0.39 is 10.0 Å². The number of benzene rings is 3. The summed E-state index contributed by atoms with van der Waals surface area (Å²) in [5, 5.41) is 4.82. The normalized spacial score (nSPS) is 14.4. The lowest BCUT2D eigenvalue weighted by molar-refractivity contribution is 0.0954. The van der Waals surface area contributed by atoms with Gasteiger partial charge in [-0.15, -0.1) is 0 Å². The summed E-state index contributed by atoms with van der Waals surface area (Å²) in [6.45, 7) is 1.94. The molecule has 0 saturated heterocycles. The van der Waals surface area contributed by atoms with Crippen LogP contribution < -0.4 is 9.73 Å². The van der Waals surface area contributed by atoms with Crippen LogP contribution in [0.3, 0.4) is 0 Å². The van der Waals surface area contributed by atoms with E-state index in [2.05, 4.69) is 10.5 Å². The maximum atomic E-state index is 13.7. The number of halogens is 1. The van der Waals surface area contributed by atoms with E-state index in [1.165, 1.54) is 23.6 Å². The van der Waals surface area contributed by atoms with Gasteiger partial charge in [-0.2, -0.15) is 5.10 Å². The Labute approximate surface area is 224 Å². The molecule has 1 saturated carbocycles. The molecule has 1 aliphatic rings. The number of aryl methyl sites for hydroxylation is 1. The molecule has 8 heteroatoms. The third-order valence-electron chi connectivity index (χ3n) is 6.56. The van der Waals surface area contributed by atoms with E-state index in [4.69, 9.17) is 11.6 Å². The van der Waals surface area contributed by atoms with Gasteiger partial charge in [-0.1, -0.05) is 67.3 Å². The van der Waals surface area contributed by atoms with Crippen molar-refractivity contribution in [2.24, 2.45) is 5.10 Å². The first-order chi connectivity index (χ1) is 17.8. The summed E-state index contributed by atoms with van der Waals surface area (Å²) in [6, 6.07) is 20.5. The van der Waals surface area contributed by atoms with Gasteiger partial charge < -0.3 is 0 Å². The van der Waals surface area contributed by atoms with Crippen molar-refractivity contribution in [1.82, 2.24) is 5.43 Å². The number of rotatable bonds is 7. The molecular weight excluding hydrogens is 506 g/mol. The second-order valence-corrected chi connectivity index (χ2v) is 11.6. The molecule has 3 aromatic rings. The molecule has 3 aromatic carbocycles. The van der Waals surface area contributed by atoms with Crippen LogP contribution in [0.2, 0.25) is 5.02 Å². The van der Waals surface area contributed by atoms with Crippen molar-refractivity contribution < 1.29 is 13.2 Å². The summed E-state index contributed by atoms with van der Waals surface area (Å²) >= 11 is 6.24. The molecule has 1 fully saturated rings. The van der Waals surface area contributed by atoms with Gasteiger partial charge in [0, 0.05) is 16.3 Å². The average molecular weight is 538 g/mol. The number of hydrazone groups is 1. The molecule has 0 atom stereocenters. The number of carbonyl (C=O) groups excluding carboxylic acids is 1. The van der Waals surface area contributed by atoms with Crippen molar-refractivity contribution in [3.05, 3.63) is 94.5 Å². The Morgan fingerprint density at radius 1 is 0.919 bits per heavy atom. The number of nitrogens with one attached hydrogen (secondary N) is 1. The fourth-order valence-corrected chi connectivity index (χ4v) is 6.11. The minimum Gasteiger partial charge on any atom is -0.267 e. The number of hydrogen-bond acceptors (Lipinski definition) is 4. The summed E-state index contributed by atoms with van der Waals surface area (Å²) in [6.07, 6.45) is 7.75. The lowest BCUT2D eigenvalue weighted by Crippen LogP contribution is -2.31. The molecule has 194 valence electrons. The topological polar surface area (TPSA) is 78.8 Å². The zero-order chi connectivity index (χ0) is 26.3. The molecule has 1 aliphatic carbocycles. The summed E-state index contributed by atoms with van der Waals surface area (Å²) in [5.41, 5.74) is 6.23. The van der Waals surface area contributed by atoms with E-state index in [0.717, 1.165) is 42.5 Å². The zero-order valence-corrected chi connectivity index (χ0v) is 22.6. The summed E-state index contributed by atoms with van der Waals surface area (Å²) in [4.78, 5) is 12.9. The van der Waals surface area contributed by atoms with E-state index in [0.29, 0.717) is 16.3 Å². The largest absolute Gasteiger partial charge is 0.271 e. The highest BCUT2D eigenvalue weighted by Gasteiger charge is 2.26. The second kappa shape index (κ2) is 12.4. The monoisotopic (exact) mass is 537 g/mol. The molecule has 6 nitrogen and oxygen atoms in total. The van der Waals surface area contributed by atoms with Gasteiger partial charge in [-0.3, -0.25) is 9.10 Å². The van der Waals surface area contributed by atoms with Gasteiger partial charge in [-0.05, 0) is 80.1 Å². The second-order valence-electron chi connectivity index (χ2n) is 9.34. The summed E-state index contributed by atoms with van der Waals surface area (Å²) in [5.74, 6) is -0.277. The standard InChI is InChI=1S/C29H32ClN3O3S/c1-22-14-19-25(30)20-28(22)33(37(35,36)27-12-8-5-9-13-27)21-23-15-17-24(18-16-23)29(34)32-31-26-10-6-3-2-4-7-11-26/h5,8-9,12-20H,2-4,6-7,10-11,21H2,1H3,(H,32,34). The minimum absolute atomic E-state index is 0.0859. The van der Waals surface area contributed by atoms with E-state index in [1.807, 2.05) is 6.92 Å². The fourth-order valence-electron chi connectivity index (χ4n) is 4.42. The van der Waals surface area contributed by atoms with Crippen molar-refractivity contribution in [1.29, 1.82) is 0 Å². The van der Waals surface area contributed by atoms with Crippen LogP contribution in [0.4, 0.5) is 5.69 Å². The molecule has 4 rings (SSSR count). The minimum atomic E-state index is -3.87. The number of sulfonamides is 1. The molecule has 0 radical (unpaired) electrons.